The van der Waals surface area contributed by atoms with Crippen LogP contribution in [0.1, 0.15) is 0 Å². The topological polar surface area (TPSA) is 118 Å². The van der Waals surface area contributed by atoms with Crippen molar-refractivity contribution in [3.63, 3.8) is 0 Å². The van der Waals surface area contributed by atoms with Gasteiger partial charge in [-0.05, 0) is 30.3 Å². The summed E-state index contributed by atoms with van der Waals surface area (Å²) in [6.45, 7) is 0.522. The first kappa shape index (κ1) is 25.0. The zero-order valence-electron chi connectivity index (χ0n) is 20.8. The first-order valence-corrected chi connectivity index (χ1v) is 14.5. The zero-order valence-corrected chi connectivity index (χ0v) is 21.7. The summed E-state index contributed by atoms with van der Waals surface area (Å²) in [7, 11) is -0.979. The van der Waals surface area contributed by atoms with E-state index >= 15 is 4.39 Å². The lowest BCUT2D eigenvalue weighted by Crippen LogP contribution is -2.34. The highest BCUT2D eigenvalue weighted by atomic mass is 32.3. The Morgan fingerprint density at radius 3 is 2.39 bits per heavy atom. The summed E-state index contributed by atoms with van der Waals surface area (Å²) >= 11 is 0. The molecule has 0 bridgehead atoms. The molecule has 4 aromatic rings. The highest BCUT2D eigenvalue weighted by Gasteiger charge is 2.48. The number of thiol groups is 1. The molecule has 2 aliphatic rings. The van der Waals surface area contributed by atoms with Crippen LogP contribution in [-0.4, -0.2) is 70.2 Å². The predicted molar refractivity (Wildman–Crippen MR) is 145 cm³/mol. The Morgan fingerprint density at radius 2 is 1.68 bits per heavy atom. The van der Waals surface area contributed by atoms with Crippen LogP contribution in [0.5, 0.6) is 5.88 Å². The van der Waals surface area contributed by atoms with Crippen LogP contribution < -0.4 is 14.2 Å². The molecule has 11 heteroatoms. The number of aliphatic hydroxyl groups is 1. The van der Waals surface area contributed by atoms with E-state index in [9.17, 15) is 9.32 Å². The number of aromatic nitrogens is 2. The Morgan fingerprint density at radius 1 is 1.03 bits per heavy atom. The average Bonchev–Trinajstić information content (AvgIpc) is 3.60. The van der Waals surface area contributed by atoms with E-state index in [0.717, 1.165) is 16.8 Å². The largest absolute Gasteiger partial charge is 0.470 e. The molecule has 0 saturated carbocycles. The Balaban J connectivity index is 1.19. The number of hydrogen-bond acceptors (Lipinski definition) is 6. The summed E-state index contributed by atoms with van der Waals surface area (Å²) < 4.78 is 50.3. The molecule has 2 saturated heterocycles. The highest BCUT2D eigenvalue weighted by molar-refractivity contribution is 8.01. The van der Waals surface area contributed by atoms with E-state index < -0.39 is 28.3 Å². The molecule has 0 radical (unpaired) electrons. The standard InChI is InChI=1S/C27H29FN4O5S/c1-29-38(2,34)32-18-9-7-16(8-10-18)15-3-5-17(6-4-15)25-19(28)11-20-21(31-25)12-24(30-20)37-23-14-36-26-22(33)13-35-27(23)26/h3-12,22-23,26-27,30,33,38H,13-14H2,1-2H3,(H2,29,32,34)/t22-,23-,26-,27-/m1/s1. The van der Waals surface area contributed by atoms with Gasteiger partial charge in [0.05, 0.1) is 24.2 Å². The number of nitrogens with one attached hydrogen (secondary N) is 3. The number of fused-ring (bicyclic) bond motifs is 2. The monoisotopic (exact) mass is 540 g/mol. The smallest absolute Gasteiger partial charge is 0.193 e. The van der Waals surface area contributed by atoms with E-state index in [1.165, 1.54) is 6.07 Å². The maximum Gasteiger partial charge on any atom is 0.193 e. The van der Waals surface area contributed by atoms with Crippen LogP contribution in [0.3, 0.4) is 0 Å². The van der Waals surface area contributed by atoms with Gasteiger partial charge in [-0.15, -0.1) is 0 Å². The SMILES string of the molecule is CN[SH](C)(=O)Nc1ccc(-c2ccc(-c3nc4cc(O[C@@H]5CO[C@H]6[C@@H]5OC[C@H]6O)[nH]c4cc3F)cc2)cc1. The van der Waals surface area contributed by atoms with Crippen LogP contribution in [0.15, 0.2) is 60.7 Å². The Hall–Kier alpha value is -3.35. The highest BCUT2D eigenvalue weighted by Crippen LogP contribution is 2.32. The predicted octanol–water partition coefficient (Wildman–Crippen LogP) is 3.05. The summed E-state index contributed by atoms with van der Waals surface area (Å²) in [5.41, 5.74) is 4.68. The molecule has 2 aliphatic heterocycles. The van der Waals surface area contributed by atoms with Crippen LogP contribution in [0.4, 0.5) is 10.1 Å². The van der Waals surface area contributed by atoms with E-state index in [0.29, 0.717) is 29.1 Å². The van der Waals surface area contributed by atoms with E-state index in [4.69, 9.17) is 14.2 Å². The van der Waals surface area contributed by atoms with Gasteiger partial charge in [0.1, 0.15) is 24.0 Å². The van der Waals surface area contributed by atoms with Gasteiger partial charge in [0.2, 0.25) is 0 Å². The minimum Gasteiger partial charge on any atom is -0.470 e. The molecule has 2 aromatic carbocycles. The van der Waals surface area contributed by atoms with Crippen molar-refractivity contribution >= 4 is 27.0 Å². The van der Waals surface area contributed by atoms with Crippen LogP contribution in [0.25, 0.3) is 33.4 Å². The number of aliphatic hydroxyl groups excluding tert-OH is 1. The minimum atomic E-state index is -2.63. The van der Waals surface area contributed by atoms with Crippen molar-refractivity contribution in [1.29, 1.82) is 0 Å². The summed E-state index contributed by atoms with van der Waals surface area (Å²) in [5, 5.41) is 9.93. The third kappa shape index (κ3) is 4.79. The first-order valence-electron chi connectivity index (χ1n) is 12.3. The van der Waals surface area contributed by atoms with E-state index in [1.54, 1.807) is 19.4 Å². The van der Waals surface area contributed by atoms with E-state index in [1.807, 2.05) is 48.5 Å². The third-order valence-corrected chi connectivity index (χ3v) is 8.48. The average molecular weight is 541 g/mol. The van der Waals surface area contributed by atoms with Gasteiger partial charge in [0.15, 0.2) is 17.8 Å². The van der Waals surface area contributed by atoms with Crippen molar-refractivity contribution < 1.29 is 27.9 Å². The summed E-state index contributed by atoms with van der Waals surface area (Å²) in [6, 6.07) is 18.3. The zero-order chi connectivity index (χ0) is 26.4. The number of H-pyrrole nitrogens is 1. The molecule has 2 aromatic heterocycles. The van der Waals surface area contributed by atoms with Gasteiger partial charge >= 0.3 is 0 Å². The van der Waals surface area contributed by atoms with Crippen molar-refractivity contribution in [3.8, 4) is 28.3 Å². The second-order valence-corrected chi connectivity index (χ2v) is 12.1. The van der Waals surface area contributed by atoms with Crippen molar-refractivity contribution in [2.75, 3.05) is 31.2 Å². The van der Waals surface area contributed by atoms with Gasteiger partial charge in [-0.1, -0.05) is 36.4 Å². The van der Waals surface area contributed by atoms with Crippen LogP contribution in [0.2, 0.25) is 0 Å². The van der Waals surface area contributed by atoms with Crippen molar-refractivity contribution in [1.82, 2.24) is 14.7 Å². The molecule has 200 valence electrons. The van der Waals surface area contributed by atoms with Gasteiger partial charge < -0.3 is 29.0 Å². The maximum atomic E-state index is 15.0. The molecule has 6 rings (SSSR count). The lowest BCUT2D eigenvalue weighted by atomic mass is 10.0. The van der Waals surface area contributed by atoms with Gasteiger partial charge in [0.25, 0.3) is 0 Å². The quantitative estimate of drug-likeness (QED) is 0.230. The minimum absolute atomic E-state index is 0.220. The lowest BCUT2D eigenvalue weighted by Gasteiger charge is -2.21. The summed E-state index contributed by atoms with van der Waals surface area (Å²) in [5.74, 6) is -0.0140. The Kier molecular flexibility index (Phi) is 6.40. The van der Waals surface area contributed by atoms with Gasteiger partial charge in [-0.3, -0.25) is 4.21 Å². The van der Waals surface area contributed by atoms with Gasteiger partial charge in [0, 0.05) is 39.9 Å². The molecule has 9 nitrogen and oxygen atoms in total. The number of halogens is 1. The molecule has 0 unspecified atom stereocenters. The molecule has 0 spiro atoms. The lowest BCUT2D eigenvalue weighted by molar-refractivity contribution is 0.00794. The first-order chi connectivity index (χ1) is 18.3. The Labute approximate surface area is 220 Å². The number of ether oxygens (including phenoxy) is 3. The fraction of sp³-hybridized carbons (Fsp3) is 0.296. The maximum absolute atomic E-state index is 15.0. The van der Waals surface area contributed by atoms with Crippen LogP contribution in [0, 0.1) is 5.82 Å². The van der Waals surface area contributed by atoms with E-state index in [-0.39, 0.29) is 24.5 Å². The number of aromatic amines is 1. The second-order valence-electron chi connectivity index (χ2n) is 9.62. The molecular formula is C27H29FN4O5S. The fourth-order valence-electron chi connectivity index (χ4n) is 4.84. The summed E-state index contributed by atoms with van der Waals surface area (Å²) in [4.78, 5) is 7.61. The second kappa shape index (κ2) is 9.75. The molecule has 0 amide bonds. The van der Waals surface area contributed by atoms with Crippen molar-refractivity contribution in [2.24, 2.45) is 0 Å². The number of nitrogens with zero attached hydrogens (tertiary/aromatic N) is 1. The number of anilines is 1. The van der Waals surface area contributed by atoms with Crippen LogP contribution in [-0.2, 0) is 19.8 Å². The third-order valence-electron chi connectivity index (χ3n) is 6.94. The molecule has 38 heavy (non-hydrogen) atoms. The molecule has 4 heterocycles. The number of pyridine rings is 1. The van der Waals surface area contributed by atoms with Gasteiger partial charge in [-0.25, -0.2) is 14.1 Å². The number of hydrogen-bond donors (Lipinski definition) is 5. The fourth-order valence-corrected chi connectivity index (χ4v) is 5.59. The molecule has 4 atom stereocenters. The number of rotatable bonds is 7. The van der Waals surface area contributed by atoms with Gasteiger partial charge in [-0.2, -0.15) is 0 Å². The molecule has 4 N–H and O–H groups in total. The van der Waals surface area contributed by atoms with Crippen molar-refractivity contribution in [2.45, 2.75) is 24.4 Å². The molecule has 0 aliphatic carbocycles. The Bertz CT molecular complexity index is 1510. The van der Waals surface area contributed by atoms with E-state index in [2.05, 4.69) is 19.4 Å². The normalized spacial score (nSPS) is 23.5. The van der Waals surface area contributed by atoms with Crippen LogP contribution >= 0.6 is 0 Å². The molecular weight excluding hydrogens is 511 g/mol. The molecule has 2 fully saturated rings. The number of benzene rings is 2. The summed E-state index contributed by atoms with van der Waals surface area (Å²) in [6.07, 6.45) is -0.137. The van der Waals surface area contributed by atoms with Crippen molar-refractivity contribution in [3.05, 3.63) is 66.5 Å².